The van der Waals surface area contributed by atoms with Crippen molar-refractivity contribution < 1.29 is 19.1 Å². The smallest absolute Gasteiger partial charge is 0.270 e. The number of carbonyl (C=O) groups is 2. The van der Waals surface area contributed by atoms with Crippen LogP contribution in [0.5, 0.6) is 11.5 Å². The molecule has 1 aliphatic heterocycles. The molecule has 1 heterocycles. The molecule has 5 rings (SSSR count). The molecular formula is C35H32N2O4S. The second-order valence-electron chi connectivity index (χ2n) is 10.8. The van der Waals surface area contributed by atoms with E-state index in [1.54, 1.807) is 36.4 Å². The summed E-state index contributed by atoms with van der Waals surface area (Å²) in [6, 6.07) is 33.5. The molecule has 7 heteroatoms. The van der Waals surface area contributed by atoms with Gasteiger partial charge in [0.15, 0.2) is 5.11 Å². The van der Waals surface area contributed by atoms with Gasteiger partial charge < -0.3 is 9.47 Å². The first-order valence-electron chi connectivity index (χ1n) is 13.7. The minimum Gasteiger partial charge on any atom is -0.490 e. The van der Waals surface area contributed by atoms with Crippen LogP contribution in [0.15, 0.2) is 115 Å². The highest BCUT2D eigenvalue weighted by Gasteiger charge is 2.41. The fourth-order valence-corrected chi connectivity index (χ4v) is 4.95. The Bertz CT molecular complexity index is 1550. The predicted octanol–water partition coefficient (Wildman–Crippen LogP) is 7.19. The lowest BCUT2D eigenvalue weighted by Crippen LogP contribution is -2.56. The van der Waals surface area contributed by atoms with Gasteiger partial charge in [0.2, 0.25) is 0 Å². The normalized spacial score (nSPS) is 13.8. The third-order valence-corrected chi connectivity index (χ3v) is 7.15. The molecule has 1 aliphatic rings. The third kappa shape index (κ3) is 6.42. The van der Waals surface area contributed by atoms with Crippen LogP contribution >= 0.6 is 12.2 Å². The summed E-state index contributed by atoms with van der Waals surface area (Å²) in [5, 5.41) is 0.102. The Morgan fingerprint density at radius 2 is 1.19 bits per heavy atom. The lowest BCUT2D eigenvalue weighted by atomic mass is 9.87. The van der Waals surface area contributed by atoms with Crippen LogP contribution in [0.1, 0.15) is 31.9 Å². The Kier molecular flexibility index (Phi) is 8.50. The first kappa shape index (κ1) is 28.8. The summed E-state index contributed by atoms with van der Waals surface area (Å²) in [7, 11) is 0. The van der Waals surface area contributed by atoms with Crippen molar-refractivity contribution >= 4 is 46.6 Å². The molecule has 0 unspecified atom stereocenters. The maximum absolute atomic E-state index is 13.7. The number of benzene rings is 4. The van der Waals surface area contributed by atoms with E-state index in [-0.39, 0.29) is 16.1 Å². The Morgan fingerprint density at radius 1 is 0.667 bits per heavy atom. The maximum Gasteiger partial charge on any atom is 0.270 e. The fourth-order valence-electron chi connectivity index (χ4n) is 4.57. The van der Waals surface area contributed by atoms with Gasteiger partial charge in [-0.1, -0.05) is 81.4 Å². The number of thiocarbonyl (C=S) groups is 1. The van der Waals surface area contributed by atoms with Crippen LogP contribution < -0.4 is 19.3 Å². The summed E-state index contributed by atoms with van der Waals surface area (Å²) in [4.78, 5) is 30.2. The average molecular weight is 577 g/mol. The second-order valence-corrected chi connectivity index (χ2v) is 11.2. The van der Waals surface area contributed by atoms with Gasteiger partial charge in [0.05, 0.1) is 11.4 Å². The maximum atomic E-state index is 13.7. The third-order valence-electron chi connectivity index (χ3n) is 6.79. The van der Waals surface area contributed by atoms with E-state index in [1.807, 2.05) is 66.7 Å². The summed E-state index contributed by atoms with van der Waals surface area (Å²) in [5.41, 5.74) is 3.13. The van der Waals surface area contributed by atoms with Gasteiger partial charge in [-0.25, -0.2) is 0 Å². The van der Waals surface area contributed by atoms with E-state index in [2.05, 4.69) is 32.9 Å². The topological polar surface area (TPSA) is 59.1 Å². The molecule has 0 atom stereocenters. The molecule has 212 valence electrons. The van der Waals surface area contributed by atoms with Crippen LogP contribution in [-0.4, -0.2) is 30.1 Å². The molecule has 0 bridgehead atoms. The van der Waals surface area contributed by atoms with Gasteiger partial charge in [0.1, 0.15) is 30.3 Å². The number of anilines is 2. The molecule has 0 spiro atoms. The highest BCUT2D eigenvalue weighted by Crippen LogP contribution is 2.30. The average Bonchev–Trinajstić information content (AvgIpc) is 2.99. The molecule has 1 fully saturated rings. The molecule has 2 amide bonds. The predicted molar refractivity (Wildman–Crippen MR) is 171 cm³/mol. The van der Waals surface area contributed by atoms with Crippen molar-refractivity contribution in [2.24, 2.45) is 0 Å². The minimum atomic E-state index is -0.486. The van der Waals surface area contributed by atoms with E-state index in [0.29, 0.717) is 35.9 Å². The summed E-state index contributed by atoms with van der Waals surface area (Å²) < 4.78 is 11.8. The van der Waals surface area contributed by atoms with Crippen molar-refractivity contribution in [2.45, 2.75) is 26.2 Å². The molecule has 0 aliphatic carbocycles. The largest absolute Gasteiger partial charge is 0.490 e. The van der Waals surface area contributed by atoms with Gasteiger partial charge in [-0.3, -0.25) is 19.4 Å². The van der Waals surface area contributed by atoms with Crippen molar-refractivity contribution in [2.75, 3.05) is 23.0 Å². The number of hydrogen-bond acceptors (Lipinski definition) is 5. The van der Waals surface area contributed by atoms with Gasteiger partial charge in [0, 0.05) is 0 Å². The molecule has 4 aromatic carbocycles. The molecule has 0 N–H and O–H groups in total. The van der Waals surface area contributed by atoms with Crippen LogP contribution in [0.25, 0.3) is 6.08 Å². The van der Waals surface area contributed by atoms with Crippen molar-refractivity contribution in [3.8, 4) is 11.5 Å². The Labute approximate surface area is 251 Å². The van der Waals surface area contributed by atoms with E-state index in [1.165, 1.54) is 15.4 Å². The van der Waals surface area contributed by atoms with Crippen molar-refractivity contribution in [3.63, 3.8) is 0 Å². The van der Waals surface area contributed by atoms with Gasteiger partial charge in [-0.2, -0.15) is 0 Å². The molecule has 0 saturated carbocycles. The van der Waals surface area contributed by atoms with Crippen molar-refractivity contribution in [1.82, 2.24) is 0 Å². The van der Waals surface area contributed by atoms with Crippen molar-refractivity contribution in [1.29, 1.82) is 0 Å². The number of carbonyl (C=O) groups excluding carboxylic acids is 2. The summed E-state index contributed by atoms with van der Waals surface area (Å²) in [5.74, 6) is 0.409. The number of ether oxygens (including phenoxy) is 2. The quantitative estimate of drug-likeness (QED) is 0.0962. The zero-order valence-electron chi connectivity index (χ0n) is 23.8. The van der Waals surface area contributed by atoms with E-state index in [0.717, 1.165) is 5.75 Å². The standard InChI is InChI=1S/C35H32N2O4S/c1-35(2,3)26-17-19-29(20-18-26)40-21-22-41-30-16-10-11-25(23-30)24-31-32(38)36(27-12-6-4-7-13-27)34(42)37(33(31)39)28-14-8-5-9-15-28/h4-20,23-24H,21-22H2,1-3H3. The fraction of sp³-hybridized carbons (Fsp3) is 0.171. The lowest BCUT2D eigenvalue weighted by Gasteiger charge is -2.36. The van der Waals surface area contributed by atoms with E-state index in [9.17, 15) is 9.59 Å². The van der Waals surface area contributed by atoms with Gasteiger partial charge in [-0.05, 0) is 83.4 Å². The van der Waals surface area contributed by atoms with E-state index in [4.69, 9.17) is 21.7 Å². The first-order valence-corrected chi connectivity index (χ1v) is 14.1. The van der Waals surface area contributed by atoms with Crippen LogP contribution in [0.4, 0.5) is 11.4 Å². The second kappa shape index (κ2) is 12.4. The minimum absolute atomic E-state index is 0.00417. The Hall–Kier alpha value is -4.75. The molecule has 0 aromatic heterocycles. The van der Waals surface area contributed by atoms with Gasteiger partial charge >= 0.3 is 0 Å². The highest BCUT2D eigenvalue weighted by molar-refractivity contribution is 7.81. The number of rotatable bonds is 8. The molecule has 1 saturated heterocycles. The van der Waals surface area contributed by atoms with Crippen LogP contribution in [-0.2, 0) is 15.0 Å². The highest BCUT2D eigenvalue weighted by atomic mass is 32.1. The number of hydrogen-bond donors (Lipinski definition) is 0. The lowest BCUT2D eigenvalue weighted by molar-refractivity contribution is -0.120. The molecular weight excluding hydrogens is 544 g/mol. The summed E-state index contributed by atoms with van der Waals surface area (Å²) >= 11 is 5.67. The zero-order chi connectivity index (χ0) is 29.7. The van der Waals surface area contributed by atoms with Gasteiger partial charge in [0.25, 0.3) is 11.8 Å². The van der Waals surface area contributed by atoms with E-state index >= 15 is 0 Å². The molecule has 0 radical (unpaired) electrons. The van der Waals surface area contributed by atoms with Gasteiger partial charge in [-0.15, -0.1) is 0 Å². The van der Waals surface area contributed by atoms with Crippen LogP contribution in [0.3, 0.4) is 0 Å². The SMILES string of the molecule is CC(C)(C)c1ccc(OCCOc2cccc(C=C3C(=O)N(c4ccccc4)C(=S)N(c4ccccc4)C3=O)c2)cc1. The van der Waals surface area contributed by atoms with Crippen molar-refractivity contribution in [3.05, 3.63) is 126 Å². The first-order chi connectivity index (χ1) is 20.2. The summed E-state index contributed by atoms with van der Waals surface area (Å²) in [6.07, 6.45) is 1.58. The summed E-state index contributed by atoms with van der Waals surface area (Å²) in [6.45, 7) is 7.22. The number of nitrogens with zero attached hydrogens (tertiary/aromatic N) is 2. The number of para-hydroxylation sites is 2. The number of amides is 2. The molecule has 4 aromatic rings. The Balaban J connectivity index is 1.33. The molecule has 42 heavy (non-hydrogen) atoms. The zero-order valence-corrected chi connectivity index (χ0v) is 24.6. The van der Waals surface area contributed by atoms with Crippen LogP contribution in [0.2, 0.25) is 0 Å². The monoisotopic (exact) mass is 576 g/mol. The Morgan fingerprint density at radius 3 is 1.71 bits per heavy atom. The van der Waals surface area contributed by atoms with Crippen LogP contribution in [0, 0.1) is 0 Å². The van der Waals surface area contributed by atoms with E-state index < -0.39 is 11.8 Å². The molecule has 6 nitrogen and oxygen atoms in total.